The molecule has 0 unspecified atom stereocenters. The molecule has 0 aliphatic carbocycles. The second kappa shape index (κ2) is 5.82. The smallest absolute Gasteiger partial charge is 0.318 e. The van der Waals surface area contributed by atoms with Crippen molar-refractivity contribution in [3.8, 4) is 12.3 Å². The molecule has 102 valence electrons. The number of hydrogen-bond acceptors (Lipinski definition) is 3. The molecule has 1 aromatic carbocycles. The van der Waals surface area contributed by atoms with Crippen LogP contribution < -0.4 is 0 Å². The molecule has 0 aliphatic rings. The Kier molecular flexibility index (Phi) is 4.64. The van der Waals surface area contributed by atoms with Gasteiger partial charge in [0.25, 0.3) is 0 Å². The number of aliphatic carboxylic acids is 1. The van der Waals surface area contributed by atoms with E-state index in [9.17, 15) is 17.6 Å². The molecule has 0 aliphatic heterocycles. The quantitative estimate of drug-likeness (QED) is 0.814. The first kappa shape index (κ1) is 15.1. The second-order valence-electron chi connectivity index (χ2n) is 3.78. The lowest BCUT2D eigenvalue weighted by molar-refractivity contribution is -0.137. The summed E-state index contributed by atoms with van der Waals surface area (Å²) in [5.41, 5.74) is 0.314. The number of benzene rings is 1. The molecule has 0 saturated carbocycles. The number of carboxylic acid groups (broad SMARTS) is 1. The second-order valence-corrected chi connectivity index (χ2v) is 5.69. The Morgan fingerprint density at radius 2 is 2.16 bits per heavy atom. The number of carboxylic acids is 1. The number of terminal acetylenes is 1. The van der Waals surface area contributed by atoms with Crippen LogP contribution in [0.1, 0.15) is 5.56 Å². The Morgan fingerprint density at radius 3 is 2.68 bits per heavy atom. The first-order chi connectivity index (χ1) is 8.78. The lowest BCUT2D eigenvalue weighted by atomic mass is 10.2. The fourth-order valence-electron chi connectivity index (χ4n) is 1.47. The van der Waals surface area contributed by atoms with Crippen LogP contribution in [0.15, 0.2) is 23.1 Å². The van der Waals surface area contributed by atoms with E-state index in [2.05, 4.69) is 5.92 Å². The van der Waals surface area contributed by atoms with Gasteiger partial charge < -0.3 is 5.11 Å². The van der Waals surface area contributed by atoms with Crippen LogP contribution in [0.5, 0.6) is 0 Å². The van der Waals surface area contributed by atoms with Gasteiger partial charge in [-0.25, -0.2) is 12.8 Å². The minimum absolute atomic E-state index is 0.288. The molecule has 0 radical (unpaired) electrons. The predicted octanol–water partition coefficient (Wildman–Crippen LogP) is 0.843. The molecule has 0 aromatic heterocycles. The molecular weight excluding hydrogens is 273 g/mol. The number of halogens is 1. The summed E-state index contributed by atoms with van der Waals surface area (Å²) in [6.45, 7) is 0.314. The summed E-state index contributed by atoms with van der Waals surface area (Å²) < 4.78 is 38.2. The largest absolute Gasteiger partial charge is 0.480 e. The van der Waals surface area contributed by atoms with Crippen molar-refractivity contribution in [2.45, 2.75) is 11.8 Å². The predicted molar refractivity (Wildman–Crippen MR) is 66.4 cm³/mol. The summed E-state index contributed by atoms with van der Waals surface area (Å²) in [5, 5.41) is 8.70. The van der Waals surface area contributed by atoms with Crippen molar-refractivity contribution in [3.05, 3.63) is 29.6 Å². The van der Waals surface area contributed by atoms with E-state index in [1.807, 2.05) is 0 Å². The van der Waals surface area contributed by atoms with Gasteiger partial charge in [-0.1, -0.05) is 12.0 Å². The maximum absolute atomic E-state index is 13.1. The maximum Gasteiger partial charge on any atom is 0.318 e. The molecule has 19 heavy (non-hydrogen) atoms. The van der Waals surface area contributed by atoms with Crippen LogP contribution >= 0.6 is 0 Å². The van der Waals surface area contributed by atoms with E-state index in [1.54, 1.807) is 0 Å². The van der Waals surface area contributed by atoms with Crippen molar-refractivity contribution in [1.29, 1.82) is 0 Å². The van der Waals surface area contributed by atoms with Crippen LogP contribution in [0.25, 0.3) is 0 Å². The zero-order valence-electron chi connectivity index (χ0n) is 10.1. The van der Waals surface area contributed by atoms with Crippen molar-refractivity contribution in [2.75, 3.05) is 13.1 Å². The lowest BCUT2D eigenvalue weighted by Crippen LogP contribution is -2.36. The highest BCUT2D eigenvalue weighted by Gasteiger charge is 2.27. The van der Waals surface area contributed by atoms with Crippen LogP contribution in [0.3, 0.4) is 0 Å². The fraction of sp³-hybridized carbons (Fsp3) is 0.250. The van der Waals surface area contributed by atoms with Gasteiger partial charge in [-0.05, 0) is 24.6 Å². The van der Waals surface area contributed by atoms with E-state index < -0.39 is 34.9 Å². The van der Waals surface area contributed by atoms with Gasteiger partial charge in [0.05, 0.1) is 11.4 Å². The Hall–Kier alpha value is -1.91. The van der Waals surface area contributed by atoms with Crippen molar-refractivity contribution in [3.63, 3.8) is 0 Å². The van der Waals surface area contributed by atoms with Crippen molar-refractivity contribution < 1.29 is 22.7 Å². The zero-order chi connectivity index (χ0) is 14.6. The number of rotatable bonds is 5. The SMILES string of the molecule is C#CCN(CC(=O)O)S(=O)(=O)c1cc(F)ccc1C. The molecule has 0 amide bonds. The first-order valence-corrected chi connectivity index (χ1v) is 6.64. The first-order valence-electron chi connectivity index (χ1n) is 5.20. The van der Waals surface area contributed by atoms with E-state index in [1.165, 1.54) is 13.0 Å². The van der Waals surface area contributed by atoms with E-state index >= 15 is 0 Å². The summed E-state index contributed by atoms with van der Waals surface area (Å²) >= 11 is 0. The highest BCUT2D eigenvalue weighted by molar-refractivity contribution is 7.89. The zero-order valence-corrected chi connectivity index (χ0v) is 10.9. The molecule has 1 rings (SSSR count). The van der Waals surface area contributed by atoms with Gasteiger partial charge in [0.2, 0.25) is 10.0 Å². The third-order valence-corrected chi connectivity index (χ3v) is 4.28. The van der Waals surface area contributed by atoms with Crippen LogP contribution in [-0.2, 0) is 14.8 Å². The lowest BCUT2D eigenvalue weighted by Gasteiger charge is -2.19. The molecular formula is C12H12FNO4S. The molecule has 0 saturated heterocycles. The van der Waals surface area contributed by atoms with Crippen LogP contribution in [0, 0.1) is 25.1 Å². The van der Waals surface area contributed by atoms with Gasteiger partial charge in [0.15, 0.2) is 0 Å². The Bertz CT molecular complexity index is 634. The number of aryl methyl sites for hydroxylation is 1. The van der Waals surface area contributed by atoms with E-state index in [0.29, 0.717) is 9.87 Å². The van der Waals surface area contributed by atoms with Gasteiger partial charge in [-0.15, -0.1) is 6.42 Å². The van der Waals surface area contributed by atoms with Gasteiger partial charge in [0, 0.05) is 0 Å². The average Bonchev–Trinajstić information content (AvgIpc) is 2.31. The number of hydrogen-bond donors (Lipinski definition) is 1. The molecule has 5 nitrogen and oxygen atoms in total. The molecule has 0 atom stereocenters. The van der Waals surface area contributed by atoms with Gasteiger partial charge >= 0.3 is 5.97 Å². The molecule has 0 spiro atoms. The highest BCUT2D eigenvalue weighted by Crippen LogP contribution is 2.20. The normalized spacial score (nSPS) is 11.3. The molecule has 1 aromatic rings. The van der Waals surface area contributed by atoms with Crippen molar-refractivity contribution >= 4 is 16.0 Å². The number of nitrogens with zero attached hydrogens (tertiary/aromatic N) is 1. The third-order valence-electron chi connectivity index (χ3n) is 2.35. The molecule has 0 fully saturated rings. The Morgan fingerprint density at radius 1 is 1.53 bits per heavy atom. The van der Waals surface area contributed by atoms with Gasteiger partial charge in [0.1, 0.15) is 12.4 Å². The third kappa shape index (κ3) is 3.53. The topological polar surface area (TPSA) is 74.7 Å². The van der Waals surface area contributed by atoms with E-state index in [-0.39, 0.29) is 4.90 Å². The van der Waals surface area contributed by atoms with Crippen LogP contribution in [-0.4, -0.2) is 36.9 Å². The number of sulfonamides is 1. The molecule has 0 heterocycles. The Balaban J connectivity index is 3.30. The molecule has 1 N–H and O–H groups in total. The summed E-state index contributed by atoms with van der Waals surface area (Å²) in [4.78, 5) is 10.4. The van der Waals surface area contributed by atoms with Gasteiger partial charge in [-0.3, -0.25) is 4.79 Å². The number of carbonyl (C=O) groups is 1. The molecule has 0 bridgehead atoms. The summed E-state index contributed by atoms with van der Waals surface area (Å²) in [6, 6.07) is 3.27. The summed E-state index contributed by atoms with van der Waals surface area (Å²) in [5.74, 6) is 0.0108. The van der Waals surface area contributed by atoms with E-state index in [0.717, 1.165) is 12.1 Å². The Labute approximate surface area is 110 Å². The average molecular weight is 285 g/mol. The minimum Gasteiger partial charge on any atom is -0.480 e. The van der Waals surface area contributed by atoms with Crippen LogP contribution in [0.2, 0.25) is 0 Å². The maximum atomic E-state index is 13.1. The molecule has 7 heteroatoms. The van der Waals surface area contributed by atoms with Crippen LogP contribution in [0.4, 0.5) is 4.39 Å². The standard InChI is InChI=1S/C12H12FNO4S/c1-3-6-14(8-12(15)16)19(17,18)11-7-10(13)5-4-9(11)2/h1,4-5,7H,6,8H2,2H3,(H,15,16). The summed E-state index contributed by atoms with van der Waals surface area (Å²) in [7, 11) is -4.14. The minimum atomic E-state index is -4.14. The van der Waals surface area contributed by atoms with Crippen molar-refractivity contribution in [1.82, 2.24) is 4.31 Å². The monoisotopic (exact) mass is 285 g/mol. The van der Waals surface area contributed by atoms with Gasteiger partial charge in [-0.2, -0.15) is 4.31 Å². The van der Waals surface area contributed by atoms with E-state index in [4.69, 9.17) is 11.5 Å². The summed E-state index contributed by atoms with van der Waals surface area (Å²) in [6.07, 6.45) is 5.02. The fourth-order valence-corrected chi connectivity index (χ4v) is 3.01. The highest BCUT2D eigenvalue weighted by atomic mass is 32.2. The van der Waals surface area contributed by atoms with Crippen molar-refractivity contribution in [2.24, 2.45) is 0 Å².